The SMILES string of the molecule is NC(O)C(S)S. The van der Waals surface area contributed by atoms with Gasteiger partial charge < -0.3 is 10.8 Å². The lowest BCUT2D eigenvalue weighted by molar-refractivity contribution is 0.201. The molecule has 0 aliphatic heterocycles. The van der Waals surface area contributed by atoms with Gasteiger partial charge in [0.05, 0.1) is 4.58 Å². The second-order valence-electron chi connectivity index (χ2n) is 0.904. The predicted molar refractivity (Wildman–Crippen MR) is 32.0 cm³/mol. The highest BCUT2D eigenvalue weighted by molar-refractivity contribution is 7.99. The summed E-state index contributed by atoms with van der Waals surface area (Å²) in [6.45, 7) is 0. The molecule has 0 amide bonds. The second kappa shape index (κ2) is 2.74. The fourth-order valence-electron chi connectivity index (χ4n) is 0. The summed E-state index contributed by atoms with van der Waals surface area (Å²) >= 11 is 7.36. The van der Waals surface area contributed by atoms with Crippen LogP contribution in [0.25, 0.3) is 0 Å². The minimum absolute atomic E-state index is 0.426. The molecule has 0 aliphatic carbocycles. The third kappa shape index (κ3) is 2.84. The topological polar surface area (TPSA) is 46.2 Å². The van der Waals surface area contributed by atoms with E-state index in [-0.39, 0.29) is 0 Å². The minimum atomic E-state index is -0.920. The molecular weight excluding hydrogens is 118 g/mol. The minimum Gasteiger partial charge on any atom is -0.377 e. The zero-order chi connectivity index (χ0) is 5.15. The van der Waals surface area contributed by atoms with Crippen LogP contribution in [0.2, 0.25) is 0 Å². The van der Waals surface area contributed by atoms with Crippen LogP contribution in [0.15, 0.2) is 0 Å². The molecule has 1 atom stereocenters. The zero-order valence-electron chi connectivity index (χ0n) is 3.07. The summed E-state index contributed by atoms with van der Waals surface area (Å²) < 4.78 is -0.426. The summed E-state index contributed by atoms with van der Waals surface area (Å²) in [5.41, 5.74) is 4.84. The van der Waals surface area contributed by atoms with Gasteiger partial charge in [-0.3, -0.25) is 0 Å². The van der Waals surface area contributed by atoms with Crippen LogP contribution in [-0.4, -0.2) is 15.9 Å². The van der Waals surface area contributed by atoms with Crippen LogP contribution >= 0.6 is 25.3 Å². The Morgan fingerprint density at radius 2 is 1.67 bits per heavy atom. The van der Waals surface area contributed by atoms with Gasteiger partial charge in [-0.1, -0.05) is 0 Å². The van der Waals surface area contributed by atoms with E-state index in [0.717, 1.165) is 0 Å². The molecule has 2 nitrogen and oxygen atoms in total. The molecule has 0 heterocycles. The van der Waals surface area contributed by atoms with Gasteiger partial charge in [0, 0.05) is 0 Å². The van der Waals surface area contributed by atoms with Gasteiger partial charge in [-0.25, -0.2) is 0 Å². The van der Waals surface area contributed by atoms with Crippen molar-refractivity contribution in [3.8, 4) is 0 Å². The van der Waals surface area contributed by atoms with Gasteiger partial charge in [-0.15, -0.1) is 0 Å². The van der Waals surface area contributed by atoms with Gasteiger partial charge in [-0.2, -0.15) is 25.3 Å². The third-order valence-corrected chi connectivity index (χ3v) is 0.916. The largest absolute Gasteiger partial charge is 0.377 e. The van der Waals surface area contributed by atoms with E-state index in [1.54, 1.807) is 0 Å². The number of nitrogens with two attached hydrogens (primary N) is 1. The van der Waals surface area contributed by atoms with Gasteiger partial charge in [0.15, 0.2) is 0 Å². The summed E-state index contributed by atoms with van der Waals surface area (Å²) in [7, 11) is 0. The van der Waals surface area contributed by atoms with E-state index < -0.39 is 10.8 Å². The van der Waals surface area contributed by atoms with E-state index in [2.05, 4.69) is 25.3 Å². The molecule has 0 saturated heterocycles. The maximum absolute atomic E-state index is 8.25. The number of hydrogen-bond donors (Lipinski definition) is 4. The lowest BCUT2D eigenvalue weighted by Gasteiger charge is -2.03. The average Bonchev–Trinajstić information content (AvgIpc) is 1.36. The number of rotatable bonds is 1. The van der Waals surface area contributed by atoms with Crippen LogP contribution in [0.4, 0.5) is 0 Å². The lowest BCUT2D eigenvalue weighted by atomic mass is 10.7. The number of hydrogen-bond acceptors (Lipinski definition) is 4. The summed E-state index contributed by atoms with van der Waals surface area (Å²) in [4.78, 5) is 0. The zero-order valence-corrected chi connectivity index (χ0v) is 4.86. The van der Waals surface area contributed by atoms with Crippen molar-refractivity contribution in [3.05, 3.63) is 0 Å². The average molecular weight is 125 g/mol. The van der Waals surface area contributed by atoms with Crippen molar-refractivity contribution < 1.29 is 5.11 Å². The van der Waals surface area contributed by atoms with Crippen LogP contribution < -0.4 is 5.73 Å². The molecule has 6 heavy (non-hydrogen) atoms. The summed E-state index contributed by atoms with van der Waals surface area (Å²) in [5.74, 6) is 0. The molecule has 0 fully saturated rings. The first-order chi connectivity index (χ1) is 2.64. The molecule has 0 aliphatic rings. The fraction of sp³-hybridized carbons (Fsp3) is 1.00. The number of aliphatic hydroxyl groups is 1. The van der Waals surface area contributed by atoms with E-state index in [1.807, 2.05) is 0 Å². The molecule has 3 N–H and O–H groups in total. The van der Waals surface area contributed by atoms with Crippen LogP contribution in [0, 0.1) is 0 Å². The number of aliphatic hydroxyl groups excluding tert-OH is 1. The molecule has 0 radical (unpaired) electrons. The smallest absolute Gasteiger partial charge is 0.123 e. The Kier molecular flexibility index (Phi) is 3.02. The van der Waals surface area contributed by atoms with Crippen molar-refractivity contribution in [1.82, 2.24) is 0 Å². The maximum Gasteiger partial charge on any atom is 0.123 e. The summed E-state index contributed by atoms with van der Waals surface area (Å²) in [6, 6.07) is 0. The molecule has 4 heteroatoms. The highest BCUT2D eigenvalue weighted by Crippen LogP contribution is 1.99. The molecule has 38 valence electrons. The molecule has 0 saturated carbocycles. The number of thiol groups is 2. The van der Waals surface area contributed by atoms with E-state index in [9.17, 15) is 0 Å². The van der Waals surface area contributed by atoms with Crippen molar-refractivity contribution in [1.29, 1.82) is 0 Å². The highest BCUT2D eigenvalue weighted by atomic mass is 32.2. The van der Waals surface area contributed by atoms with Crippen molar-refractivity contribution in [2.24, 2.45) is 5.73 Å². The second-order valence-corrected chi connectivity index (χ2v) is 2.42. The van der Waals surface area contributed by atoms with Crippen LogP contribution in [-0.2, 0) is 0 Å². The Morgan fingerprint density at radius 3 is 1.67 bits per heavy atom. The predicted octanol–water partition coefficient (Wildman–Crippen LogP) is -0.551. The lowest BCUT2D eigenvalue weighted by Crippen LogP contribution is -2.26. The Labute approximate surface area is 47.5 Å². The molecule has 0 aromatic rings. The Balaban J connectivity index is 2.99. The molecular formula is C2H7NOS2. The van der Waals surface area contributed by atoms with Crippen LogP contribution in [0.1, 0.15) is 0 Å². The fourth-order valence-corrected chi connectivity index (χ4v) is 0. The molecule has 0 bridgehead atoms. The van der Waals surface area contributed by atoms with Gasteiger partial charge in [-0.05, 0) is 0 Å². The normalized spacial score (nSPS) is 15.5. The third-order valence-electron chi connectivity index (χ3n) is 0.305. The maximum atomic E-state index is 8.25. The Bertz CT molecular complexity index is 32.5. The standard InChI is InChI=1S/C2H7NOS2/c3-1(4)2(5)6/h1-2,4-6H,3H2. The van der Waals surface area contributed by atoms with E-state index in [0.29, 0.717) is 0 Å². The summed E-state index contributed by atoms with van der Waals surface area (Å²) in [5, 5.41) is 8.25. The van der Waals surface area contributed by atoms with Gasteiger partial charge in [0.25, 0.3) is 0 Å². The van der Waals surface area contributed by atoms with E-state index in [4.69, 9.17) is 10.8 Å². The van der Waals surface area contributed by atoms with Gasteiger partial charge in [0.1, 0.15) is 6.23 Å². The Morgan fingerprint density at radius 1 is 1.50 bits per heavy atom. The Hall–Kier alpha value is 0.620. The first-order valence-electron chi connectivity index (χ1n) is 1.44. The molecule has 0 rings (SSSR count). The quantitative estimate of drug-likeness (QED) is 0.281. The monoisotopic (exact) mass is 125 g/mol. The van der Waals surface area contributed by atoms with E-state index in [1.165, 1.54) is 0 Å². The van der Waals surface area contributed by atoms with Crippen LogP contribution in [0.3, 0.4) is 0 Å². The highest BCUT2D eigenvalue weighted by Gasteiger charge is 2.00. The molecule has 1 unspecified atom stereocenters. The van der Waals surface area contributed by atoms with Crippen LogP contribution in [0.5, 0.6) is 0 Å². The van der Waals surface area contributed by atoms with Gasteiger partial charge >= 0.3 is 0 Å². The summed E-state index contributed by atoms with van der Waals surface area (Å²) in [6.07, 6.45) is -0.920. The molecule has 0 spiro atoms. The molecule has 0 aromatic heterocycles. The first-order valence-corrected chi connectivity index (χ1v) is 2.47. The molecule has 0 aromatic carbocycles. The van der Waals surface area contributed by atoms with Crippen molar-refractivity contribution in [3.63, 3.8) is 0 Å². The first kappa shape index (κ1) is 6.62. The van der Waals surface area contributed by atoms with Crippen molar-refractivity contribution in [2.75, 3.05) is 0 Å². The van der Waals surface area contributed by atoms with Crippen molar-refractivity contribution in [2.45, 2.75) is 10.8 Å². The van der Waals surface area contributed by atoms with Gasteiger partial charge in [0.2, 0.25) is 0 Å². The van der Waals surface area contributed by atoms with Crippen molar-refractivity contribution >= 4 is 25.3 Å². The van der Waals surface area contributed by atoms with E-state index >= 15 is 0 Å².